The molecular weight excluding hydrogens is 236 g/mol. The normalized spacial score (nSPS) is 33.8. The van der Waals surface area contributed by atoms with Gasteiger partial charge < -0.3 is 19.7 Å². The maximum absolute atomic E-state index is 5.69. The molecule has 0 amide bonds. The van der Waals surface area contributed by atoms with E-state index in [4.69, 9.17) is 21.7 Å². The summed E-state index contributed by atoms with van der Waals surface area (Å²) in [4.78, 5) is 2.20. The zero-order chi connectivity index (χ0) is 12.3. The van der Waals surface area contributed by atoms with E-state index in [0.717, 1.165) is 37.8 Å². The maximum atomic E-state index is 5.69. The molecule has 0 saturated carbocycles. The van der Waals surface area contributed by atoms with E-state index in [2.05, 4.69) is 24.1 Å². The third-order valence-corrected chi connectivity index (χ3v) is 3.61. The molecular formula is C12H22N2O2S. The Labute approximate surface area is 109 Å². The van der Waals surface area contributed by atoms with Crippen molar-refractivity contribution in [2.24, 2.45) is 0 Å². The third kappa shape index (κ3) is 3.79. The van der Waals surface area contributed by atoms with Gasteiger partial charge in [-0.2, -0.15) is 0 Å². The van der Waals surface area contributed by atoms with Crippen LogP contribution < -0.4 is 5.32 Å². The highest BCUT2D eigenvalue weighted by Crippen LogP contribution is 2.12. The van der Waals surface area contributed by atoms with Gasteiger partial charge in [0.05, 0.1) is 18.3 Å². The van der Waals surface area contributed by atoms with Gasteiger partial charge in [-0.1, -0.05) is 0 Å². The lowest BCUT2D eigenvalue weighted by Crippen LogP contribution is -2.52. The fourth-order valence-corrected chi connectivity index (χ4v) is 2.69. The molecule has 17 heavy (non-hydrogen) atoms. The Hall–Kier alpha value is -0.390. The summed E-state index contributed by atoms with van der Waals surface area (Å²) in [5.74, 6) is 0. The summed E-state index contributed by atoms with van der Waals surface area (Å²) in [7, 11) is 0. The van der Waals surface area contributed by atoms with E-state index in [1.54, 1.807) is 0 Å². The van der Waals surface area contributed by atoms with Gasteiger partial charge in [0.1, 0.15) is 0 Å². The molecule has 0 aliphatic carbocycles. The van der Waals surface area contributed by atoms with Crippen molar-refractivity contribution in [2.45, 2.75) is 45.0 Å². The molecule has 3 atom stereocenters. The van der Waals surface area contributed by atoms with Crippen LogP contribution in [0.25, 0.3) is 0 Å². The van der Waals surface area contributed by atoms with E-state index in [1.165, 1.54) is 6.42 Å². The van der Waals surface area contributed by atoms with Crippen LogP contribution in [0.4, 0.5) is 0 Å². The molecule has 2 rings (SSSR count). The lowest BCUT2D eigenvalue weighted by molar-refractivity contribution is -0.0483. The van der Waals surface area contributed by atoms with Crippen molar-refractivity contribution in [3.05, 3.63) is 0 Å². The average Bonchev–Trinajstić information content (AvgIpc) is 2.77. The average molecular weight is 258 g/mol. The Morgan fingerprint density at radius 3 is 2.65 bits per heavy atom. The van der Waals surface area contributed by atoms with Crippen LogP contribution in [0.3, 0.4) is 0 Å². The van der Waals surface area contributed by atoms with Gasteiger partial charge in [-0.05, 0) is 38.9 Å². The first kappa shape index (κ1) is 13.1. The lowest BCUT2D eigenvalue weighted by atomic mass is 10.2. The number of morpholine rings is 1. The SMILES string of the molecule is C[C@@H]1CN(C(=S)NC[C@@H]2CCCO2)C[C@H](C)O1. The van der Waals surface area contributed by atoms with Gasteiger partial charge in [-0.25, -0.2) is 0 Å². The summed E-state index contributed by atoms with van der Waals surface area (Å²) < 4.78 is 11.3. The van der Waals surface area contributed by atoms with Crippen LogP contribution in [0, 0.1) is 0 Å². The largest absolute Gasteiger partial charge is 0.376 e. The smallest absolute Gasteiger partial charge is 0.169 e. The summed E-state index contributed by atoms with van der Waals surface area (Å²) in [5, 5.41) is 4.15. The number of nitrogens with zero attached hydrogens (tertiary/aromatic N) is 1. The van der Waals surface area contributed by atoms with Gasteiger partial charge in [0.25, 0.3) is 0 Å². The van der Waals surface area contributed by atoms with Crippen molar-refractivity contribution >= 4 is 17.3 Å². The minimum absolute atomic E-state index is 0.251. The molecule has 1 N–H and O–H groups in total. The van der Waals surface area contributed by atoms with E-state index in [1.807, 2.05) is 0 Å². The summed E-state index contributed by atoms with van der Waals surface area (Å²) in [6.07, 6.45) is 3.15. The van der Waals surface area contributed by atoms with E-state index in [9.17, 15) is 0 Å². The van der Waals surface area contributed by atoms with E-state index < -0.39 is 0 Å². The van der Waals surface area contributed by atoms with Crippen LogP contribution in [-0.2, 0) is 9.47 Å². The van der Waals surface area contributed by atoms with Crippen LogP contribution in [0.15, 0.2) is 0 Å². The van der Waals surface area contributed by atoms with Gasteiger partial charge in [0.15, 0.2) is 5.11 Å². The molecule has 0 bridgehead atoms. The Morgan fingerprint density at radius 2 is 2.06 bits per heavy atom. The van der Waals surface area contributed by atoms with Crippen LogP contribution in [0.2, 0.25) is 0 Å². The Kier molecular flexibility index (Phi) is 4.59. The molecule has 0 aromatic rings. The van der Waals surface area contributed by atoms with Crippen molar-refractivity contribution in [1.29, 1.82) is 0 Å². The Balaban J connectivity index is 1.74. The fraction of sp³-hybridized carbons (Fsp3) is 0.917. The molecule has 0 unspecified atom stereocenters. The van der Waals surface area contributed by atoms with Crippen molar-refractivity contribution < 1.29 is 9.47 Å². The van der Waals surface area contributed by atoms with Gasteiger partial charge in [-0.15, -0.1) is 0 Å². The predicted molar refractivity (Wildman–Crippen MR) is 71.2 cm³/mol. The molecule has 5 heteroatoms. The highest BCUT2D eigenvalue weighted by Gasteiger charge is 2.24. The summed E-state index contributed by atoms with van der Waals surface area (Å²) in [6, 6.07) is 0. The van der Waals surface area contributed by atoms with Crippen molar-refractivity contribution in [2.75, 3.05) is 26.2 Å². The third-order valence-electron chi connectivity index (χ3n) is 3.21. The second-order valence-electron chi connectivity index (χ2n) is 4.98. The first-order chi connectivity index (χ1) is 8.15. The summed E-state index contributed by atoms with van der Waals surface area (Å²) >= 11 is 5.42. The maximum Gasteiger partial charge on any atom is 0.169 e. The minimum atomic E-state index is 0.251. The second-order valence-corrected chi connectivity index (χ2v) is 5.37. The number of ether oxygens (including phenoxy) is 2. The molecule has 0 aromatic heterocycles. The molecule has 2 aliphatic rings. The summed E-state index contributed by atoms with van der Waals surface area (Å²) in [6.45, 7) is 7.66. The molecule has 0 radical (unpaired) electrons. The lowest BCUT2D eigenvalue weighted by Gasteiger charge is -2.37. The van der Waals surface area contributed by atoms with Crippen molar-refractivity contribution in [3.8, 4) is 0 Å². The van der Waals surface area contributed by atoms with Crippen molar-refractivity contribution in [1.82, 2.24) is 10.2 Å². The van der Waals surface area contributed by atoms with Gasteiger partial charge in [0, 0.05) is 26.2 Å². The van der Waals surface area contributed by atoms with Crippen LogP contribution in [-0.4, -0.2) is 54.6 Å². The number of thiocarbonyl (C=S) groups is 1. The topological polar surface area (TPSA) is 33.7 Å². The quantitative estimate of drug-likeness (QED) is 0.752. The number of rotatable bonds is 2. The van der Waals surface area contributed by atoms with Gasteiger partial charge >= 0.3 is 0 Å². The van der Waals surface area contributed by atoms with E-state index in [-0.39, 0.29) is 12.2 Å². The second kappa shape index (κ2) is 5.98. The zero-order valence-corrected chi connectivity index (χ0v) is 11.5. The predicted octanol–water partition coefficient (Wildman–Crippen LogP) is 1.15. The van der Waals surface area contributed by atoms with E-state index >= 15 is 0 Å². The molecule has 2 fully saturated rings. The van der Waals surface area contributed by atoms with E-state index in [0.29, 0.717) is 6.10 Å². The first-order valence-electron chi connectivity index (χ1n) is 6.45. The molecule has 4 nitrogen and oxygen atoms in total. The Bertz CT molecular complexity index is 259. The molecule has 0 spiro atoms. The fourth-order valence-electron chi connectivity index (χ4n) is 2.46. The van der Waals surface area contributed by atoms with Crippen molar-refractivity contribution in [3.63, 3.8) is 0 Å². The highest BCUT2D eigenvalue weighted by atomic mass is 32.1. The molecule has 2 saturated heterocycles. The summed E-state index contributed by atoms with van der Waals surface area (Å²) in [5.41, 5.74) is 0. The van der Waals surface area contributed by atoms with Crippen LogP contribution >= 0.6 is 12.2 Å². The first-order valence-corrected chi connectivity index (χ1v) is 6.86. The highest BCUT2D eigenvalue weighted by molar-refractivity contribution is 7.80. The molecule has 98 valence electrons. The van der Waals surface area contributed by atoms with Crippen LogP contribution in [0.5, 0.6) is 0 Å². The standard InChI is InChI=1S/C12H22N2O2S/c1-9-7-14(8-10(2)16-9)12(17)13-6-11-4-3-5-15-11/h9-11H,3-8H2,1-2H3,(H,13,17)/t9-,10+,11-/m0/s1. The monoisotopic (exact) mass is 258 g/mol. The number of hydrogen-bond donors (Lipinski definition) is 1. The molecule has 2 heterocycles. The number of hydrogen-bond acceptors (Lipinski definition) is 3. The molecule has 0 aromatic carbocycles. The Morgan fingerprint density at radius 1 is 1.35 bits per heavy atom. The minimum Gasteiger partial charge on any atom is -0.376 e. The zero-order valence-electron chi connectivity index (χ0n) is 10.6. The van der Waals surface area contributed by atoms with Gasteiger partial charge in [0.2, 0.25) is 0 Å². The van der Waals surface area contributed by atoms with Crippen LogP contribution in [0.1, 0.15) is 26.7 Å². The van der Waals surface area contributed by atoms with Gasteiger partial charge in [-0.3, -0.25) is 0 Å². The molecule has 2 aliphatic heterocycles. The number of nitrogens with one attached hydrogen (secondary N) is 1.